The summed E-state index contributed by atoms with van der Waals surface area (Å²) in [6.45, 7) is 3.14. The number of azo groups is 1. The van der Waals surface area contributed by atoms with Crippen LogP contribution in [0.4, 0.5) is 11.4 Å². The average molecular weight is 408 g/mol. The van der Waals surface area contributed by atoms with Gasteiger partial charge in [-0.1, -0.05) is 12.1 Å². The maximum Gasteiger partial charge on any atom is 0.259 e. The van der Waals surface area contributed by atoms with E-state index in [0.717, 1.165) is 11.3 Å². The molecule has 4 N–H and O–H groups in total. The van der Waals surface area contributed by atoms with E-state index in [1.165, 1.54) is 7.05 Å². The van der Waals surface area contributed by atoms with Crippen molar-refractivity contribution in [3.8, 4) is 0 Å². The fourth-order valence-electron chi connectivity index (χ4n) is 2.90. The first-order valence-electron chi connectivity index (χ1n) is 9.27. The number of nitrogens with zero attached hydrogens (tertiary/aromatic N) is 5. The van der Waals surface area contributed by atoms with Crippen LogP contribution in [0.15, 0.2) is 58.1 Å². The van der Waals surface area contributed by atoms with Gasteiger partial charge in [0.2, 0.25) is 0 Å². The highest BCUT2D eigenvalue weighted by atomic mass is 16.5. The van der Waals surface area contributed by atoms with Gasteiger partial charge < -0.3 is 21.2 Å². The number of aromatic nitrogens is 2. The molecule has 10 nitrogen and oxygen atoms in total. The van der Waals surface area contributed by atoms with Crippen LogP contribution < -0.4 is 16.5 Å². The minimum atomic E-state index is -0.275. The number of amidine groups is 1. The number of hydrogen-bond donors (Lipinski definition) is 3. The van der Waals surface area contributed by atoms with Crippen molar-refractivity contribution in [1.82, 2.24) is 9.61 Å². The van der Waals surface area contributed by atoms with Crippen molar-refractivity contribution < 1.29 is 9.53 Å². The van der Waals surface area contributed by atoms with Gasteiger partial charge in [0.1, 0.15) is 0 Å². The normalized spacial score (nSPS) is 11.9. The number of carbonyl (C=O) groups is 1. The molecule has 156 valence electrons. The Balaban J connectivity index is 1.87. The molecule has 0 spiro atoms. The lowest BCUT2D eigenvalue weighted by Crippen LogP contribution is -2.13. The molecular weight excluding hydrogens is 384 g/mol. The van der Waals surface area contributed by atoms with Crippen LogP contribution in [0, 0.1) is 6.92 Å². The van der Waals surface area contributed by atoms with Gasteiger partial charge in [0.25, 0.3) is 5.91 Å². The molecule has 0 saturated carbocycles. The summed E-state index contributed by atoms with van der Waals surface area (Å²) >= 11 is 0. The van der Waals surface area contributed by atoms with E-state index in [9.17, 15) is 4.79 Å². The maximum atomic E-state index is 13.0. The molecule has 2 heterocycles. The molecule has 10 heteroatoms. The minimum absolute atomic E-state index is 0.274. The second-order valence-corrected chi connectivity index (χ2v) is 6.46. The first-order chi connectivity index (χ1) is 14.6. The highest BCUT2D eigenvalue weighted by Gasteiger charge is 2.15. The number of rotatable bonds is 7. The summed E-state index contributed by atoms with van der Waals surface area (Å²) in [5.41, 5.74) is 4.17. The van der Waals surface area contributed by atoms with Crippen LogP contribution in [0.2, 0.25) is 0 Å². The van der Waals surface area contributed by atoms with Gasteiger partial charge in [0, 0.05) is 43.8 Å². The monoisotopic (exact) mass is 408 g/mol. The molecule has 0 fully saturated rings. The van der Waals surface area contributed by atoms with Crippen LogP contribution in [0.3, 0.4) is 0 Å². The third-order valence-corrected chi connectivity index (χ3v) is 4.46. The lowest BCUT2D eigenvalue weighted by Gasteiger charge is -2.10. The van der Waals surface area contributed by atoms with E-state index in [2.05, 4.69) is 31.1 Å². The number of carbonyl (C=O) groups excluding carboxylic acids is 1. The van der Waals surface area contributed by atoms with Crippen LogP contribution in [0.25, 0.3) is 5.52 Å². The number of ether oxygens (including phenoxy) is 1. The minimum Gasteiger partial charge on any atom is -0.383 e. The van der Waals surface area contributed by atoms with Gasteiger partial charge in [-0.2, -0.15) is 15.3 Å². The van der Waals surface area contributed by atoms with Crippen molar-refractivity contribution in [1.29, 1.82) is 0 Å². The first kappa shape index (κ1) is 20.9. The zero-order chi connectivity index (χ0) is 21.5. The van der Waals surface area contributed by atoms with E-state index in [1.54, 1.807) is 30.1 Å². The molecule has 3 rings (SSSR count). The van der Waals surface area contributed by atoms with Gasteiger partial charge >= 0.3 is 0 Å². The van der Waals surface area contributed by atoms with Crippen molar-refractivity contribution in [2.45, 2.75) is 6.92 Å². The SMILES string of the molecule is CN=N/C(=N\N)c1ccc(C)c(NC(=O)c2cnn3ccc(NCCOC)cc23)c1. The number of amides is 1. The zero-order valence-corrected chi connectivity index (χ0v) is 17.1. The summed E-state index contributed by atoms with van der Waals surface area (Å²) in [7, 11) is 3.18. The Hall–Kier alpha value is -3.79. The van der Waals surface area contributed by atoms with Crippen LogP contribution in [-0.2, 0) is 4.74 Å². The number of hydrazone groups is 1. The Bertz CT molecular complexity index is 1100. The molecule has 3 aromatic rings. The fraction of sp³-hybridized carbons (Fsp3) is 0.250. The molecule has 0 bridgehead atoms. The fourth-order valence-corrected chi connectivity index (χ4v) is 2.90. The Morgan fingerprint density at radius 2 is 2.13 bits per heavy atom. The van der Waals surface area contributed by atoms with E-state index < -0.39 is 0 Å². The smallest absolute Gasteiger partial charge is 0.259 e. The third-order valence-electron chi connectivity index (χ3n) is 4.46. The van der Waals surface area contributed by atoms with Gasteiger partial charge in [-0.25, -0.2) is 4.52 Å². The molecule has 0 radical (unpaired) electrons. The van der Waals surface area contributed by atoms with Gasteiger partial charge in [-0.05, 0) is 30.7 Å². The molecule has 30 heavy (non-hydrogen) atoms. The molecule has 0 unspecified atom stereocenters. The van der Waals surface area contributed by atoms with E-state index >= 15 is 0 Å². The van der Waals surface area contributed by atoms with E-state index in [1.807, 2.05) is 31.2 Å². The Morgan fingerprint density at radius 3 is 2.87 bits per heavy atom. The van der Waals surface area contributed by atoms with Gasteiger partial charge in [-0.15, -0.1) is 5.11 Å². The van der Waals surface area contributed by atoms with Crippen LogP contribution in [-0.4, -0.2) is 48.7 Å². The molecule has 0 aliphatic rings. The maximum absolute atomic E-state index is 13.0. The van der Waals surface area contributed by atoms with Crippen molar-refractivity contribution in [3.63, 3.8) is 0 Å². The Kier molecular flexibility index (Phi) is 6.71. The number of anilines is 2. The average Bonchev–Trinajstić information content (AvgIpc) is 3.17. The molecule has 2 aromatic heterocycles. The highest BCUT2D eigenvalue weighted by molar-refractivity contribution is 6.10. The van der Waals surface area contributed by atoms with Gasteiger partial charge in [-0.3, -0.25) is 4.79 Å². The predicted molar refractivity (Wildman–Crippen MR) is 116 cm³/mol. The van der Waals surface area contributed by atoms with E-state index in [0.29, 0.717) is 35.5 Å². The number of benzene rings is 1. The van der Waals surface area contributed by atoms with Crippen molar-refractivity contribution in [3.05, 3.63) is 59.4 Å². The van der Waals surface area contributed by atoms with E-state index in [-0.39, 0.29) is 11.7 Å². The lowest BCUT2D eigenvalue weighted by molar-refractivity contribution is 0.102. The largest absolute Gasteiger partial charge is 0.383 e. The van der Waals surface area contributed by atoms with Crippen molar-refractivity contribution >= 4 is 28.6 Å². The summed E-state index contributed by atoms with van der Waals surface area (Å²) < 4.78 is 6.71. The second-order valence-electron chi connectivity index (χ2n) is 6.46. The Labute approximate surface area is 173 Å². The van der Waals surface area contributed by atoms with Gasteiger partial charge in [0.15, 0.2) is 5.84 Å². The highest BCUT2D eigenvalue weighted by Crippen LogP contribution is 2.21. The first-order valence-corrected chi connectivity index (χ1v) is 9.27. The molecule has 0 saturated heterocycles. The number of pyridine rings is 1. The van der Waals surface area contributed by atoms with E-state index in [4.69, 9.17) is 10.6 Å². The molecule has 1 aromatic carbocycles. The predicted octanol–water partition coefficient (Wildman–Crippen LogP) is 2.66. The topological polar surface area (TPSA) is 131 Å². The molecule has 0 atom stereocenters. The molecular formula is C20H24N8O2. The number of nitrogens with two attached hydrogens (primary N) is 1. The van der Waals surface area contributed by atoms with Crippen molar-refractivity contribution in [2.24, 2.45) is 21.2 Å². The number of nitrogens with one attached hydrogen (secondary N) is 2. The third kappa shape index (κ3) is 4.61. The van der Waals surface area contributed by atoms with Crippen molar-refractivity contribution in [2.75, 3.05) is 37.9 Å². The lowest BCUT2D eigenvalue weighted by atomic mass is 10.1. The molecule has 1 amide bonds. The van der Waals surface area contributed by atoms with Crippen LogP contribution in [0.5, 0.6) is 0 Å². The number of hydrogen-bond acceptors (Lipinski definition) is 7. The summed E-state index contributed by atoms with van der Waals surface area (Å²) in [6, 6.07) is 9.20. The standard InChI is InChI=1S/C20H24N8O2/c1-13-4-5-14(19(26-21)27-22-2)10-17(13)25-20(29)16-12-24-28-8-6-15(11-18(16)28)23-7-9-30-3/h4-6,8,10-12,23H,7,9,21H2,1-3H3,(H,25,29)/b26-19-,27-22?. The molecule has 0 aliphatic heterocycles. The summed E-state index contributed by atoms with van der Waals surface area (Å²) in [5.74, 6) is 5.40. The summed E-state index contributed by atoms with van der Waals surface area (Å²) in [4.78, 5) is 13.0. The number of aryl methyl sites for hydroxylation is 1. The molecule has 0 aliphatic carbocycles. The van der Waals surface area contributed by atoms with Crippen LogP contribution >= 0.6 is 0 Å². The van der Waals surface area contributed by atoms with Gasteiger partial charge in [0.05, 0.1) is 23.9 Å². The van der Waals surface area contributed by atoms with Crippen LogP contribution in [0.1, 0.15) is 21.5 Å². The number of fused-ring (bicyclic) bond motifs is 1. The Morgan fingerprint density at radius 1 is 1.30 bits per heavy atom. The second kappa shape index (κ2) is 9.61. The number of methoxy groups -OCH3 is 1. The summed E-state index contributed by atoms with van der Waals surface area (Å²) in [5, 5.41) is 21.7. The zero-order valence-electron chi connectivity index (χ0n) is 17.1. The summed E-state index contributed by atoms with van der Waals surface area (Å²) in [6.07, 6.45) is 3.34. The quantitative estimate of drug-likeness (QED) is 0.138.